The highest BCUT2D eigenvalue weighted by Gasteiger charge is 2.19. The third-order valence-corrected chi connectivity index (χ3v) is 7.68. The molecule has 0 aliphatic heterocycles. The second-order valence-corrected chi connectivity index (χ2v) is 9.71. The fraction of sp³-hybridized carbons (Fsp3) is 0.368. The number of nitrogens with zero attached hydrogens (tertiary/aromatic N) is 2. The average Bonchev–Trinajstić information content (AvgIpc) is 3.39. The molecule has 8 nitrogen and oxygen atoms in total. The molecule has 10 heteroatoms. The first kappa shape index (κ1) is 21.4. The first-order valence-electron chi connectivity index (χ1n) is 9.31. The van der Waals surface area contributed by atoms with Gasteiger partial charge in [-0.05, 0) is 43.7 Å². The van der Waals surface area contributed by atoms with Crippen molar-refractivity contribution in [2.45, 2.75) is 37.1 Å². The van der Waals surface area contributed by atoms with Gasteiger partial charge >= 0.3 is 0 Å². The quantitative estimate of drug-likeness (QED) is 0.506. The van der Waals surface area contributed by atoms with Crippen molar-refractivity contribution < 1.29 is 12.8 Å². The Balaban J connectivity index is 1.63. The Bertz CT molecular complexity index is 1050. The highest BCUT2D eigenvalue weighted by molar-refractivity contribution is 7.91. The van der Waals surface area contributed by atoms with Gasteiger partial charge in [-0.1, -0.05) is 6.92 Å². The average molecular weight is 437 g/mol. The van der Waals surface area contributed by atoms with Gasteiger partial charge in [0.15, 0.2) is 0 Å². The van der Waals surface area contributed by atoms with Crippen molar-refractivity contribution in [3.63, 3.8) is 0 Å². The molecule has 29 heavy (non-hydrogen) atoms. The summed E-state index contributed by atoms with van der Waals surface area (Å²) in [6.07, 6.45) is 2.59. The topological polar surface area (TPSA) is 108 Å². The summed E-state index contributed by atoms with van der Waals surface area (Å²) in [6.45, 7) is 5.69. The van der Waals surface area contributed by atoms with E-state index in [4.69, 9.17) is 4.42 Å². The van der Waals surface area contributed by atoms with Crippen molar-refractivity contribution in [3.05, 3.63) is 58.8 Å². The van der Waals surface area contributed by atoms with Gasteiger partial charge in [-0.2, -0.15) is 5.10 Å². The van der Waals surface area contributed by atoms with Crippen LogP contribution in [0.1, 0.15) is 26.0 Å². The van der Waals surface area contributed by atoms with E-state index in [1.807, 2.05) is 12.1 Å². The molecule has 0 bridgehead atoms. The maximum absolute atomic E-state index is 12.7. The molecule has 156 valence electrons. The zero-order valence-electron chi connectivity index (χ0n) is 16.3. The number of rotatable bonds is 10. The smallest absolute Gasteiger partial charge is 0.264 e. The Morgan fingerprint density at radius 1 is 1.28 bits per heavy atom. The standard InChI is InChI=1S/C19H24N4O4S2/c1-3-14(2)23(13-15-5-4-12-27-15)11-10-20-29(25,26)19-9-7-17(28-19)16-6-8-18(24)22-21-16/h4-9,12,14,20H,3,10-11,13H2,1-2H3,(H,22,24). The molecule has 3 aromatic rings. The Kier molecular flexibility index (Phi) is 7.01. The largest absolute Gasteiger partial charge is 0.468 e. The van der Waals surface area contributed by atoms with Gasteiger partial charge in [0.05, 0.1) is 17.7 Å². The van der Waals surface area contributed by atoms with E-state index < -0.39 is 10.0 Å². The number of aromatic nitrogens is 2. The van der Waals surface area contributed by atoms with E-state index in [0.717, 1.165) is 23.5 Å². The number of hydrogen-bond acceptors (Lipinski definition) is 7. The SMILES string of the molecule is CCC(C)N(CCNS(=O)(=O)c1ccc(-c2ccc(=O)[nH]n2)s1)Cc1ccco1. The predicted octanol–water partition coefficient (Wildman–Crippen LogP) is 2.67. The van der Waals surface area contributed by atoms with Crippen molar-refractivity contribution in [2.75, 3.05) is 13.1 Å². The van der Waals surface area contributed by atoms with Crippen LogP contribution in [0, 0.1) is 0 Å². The molecule has 3 heterocycles. The van der Waals surface area contributed by atoms with Gasteiger partial charge in [-0.3, -0.25) is 9.69 Å². The molecule has 3 rings (SSSR count). The molecule has 0 fully saturated rings. The summed E-state index contributed by atoms with van der Waals surface area (Å²) in [4.78, 5) is 14.0. The van der Waals surface area contributed by atoms with Gasteiger partial charge in [0.2, 0.25) is 10.0 Å². The number of H-pyrrole nitrogens is 1. The molecule has 3 aromatic heterocycles. The third kappa shape index (κ3) is 5.63. The van der Waals surface area contributed by atoms with Crippen molar-refractivity contribution >= 4 is 21.4 Å². The number of furan rings is 1. The second kappa shape index (κ2) is 9.49. The molecular weight excluding hydrogens is 412 g/mol. The Labute approximate surface area is 173 Å². The van der Waals surface area contributed by atoms with Gasteiger partial charge < -0.3 is 4.42 Å². The highest BCUT2D eigenvalue weighted by Crippen LogP contribution is 2.28. The first-order chi connectivity index (χ1) is 13.9. The van der Waals surface area contributed by atoms with Crippen molar-refractivity contribution in [3.8, 4) is 10.6 Å². The van der Waals surface area contributed by atoms with Crippen molar-refractivity contribution in [2.24, 2.45) is 0 Å². The van der Waals surface area contributed by atoms with Crippen LogP contribution in [0.2, 0.25) is 0 Å². The summed E-state index contributed by atoms with van der Waals surface area (Å²) in [6, 6.07) is 10.2. The molecule has 0 aliphatic rings. The van der Waals surface area contributed by atoms with Gasteiger partial charge in [0, 0.05) is 25.2 Å². The summed E-state index contributed by atoms with van der Waals surface area (Å²) >= 11 is 1.11. The van der Waals surface area contributed by atoms with Crippen LogP contribution in [-0.4, -0.2) is 42.6 Å². The summed E-state index contributed by atoms with van der Waals surface area (Å²) in [5, 5.41) is 6.29. The lowest BCUT2D eigenvalue weighted by atomic mass is 10.2. The minimum atomic E-state index is -3.63. The Morgan fingerprint density at radius 2 is 2.10 bits per heavy atom. The van der Waals surface area contributed by atoms with Crippen LogP contribution >= 0.6 is 11.3 Å². The lowest BCUT2D eigenvalue weighted by Crippen LogP contribution is -2.39. The van der Waals surface area contributed by atoms with Gasteiger partial charge in [0.25, 0.3) is 5.56 Å². The van der Waals surface area contributed by atoms with E-state index >= 15 is 0 Å². The summed E-state index contributed by atoms with van der Waals surface area (Å²) < 4.78 is 33.6. The van der Waals surface area contributed by atoms with E-state index in [1.54, 1.807) is 24.5 Å². The minimum absolute atomic E-state index is 0.210. The molecule has 1 atom stereocenters. The molecule has 0 aliphatic carbocycles. The zero-order chi connectivity index (χ0) is 20.9. The van der Waals surface area contributed by atoms with Crippen LogP contribution in [0.15, 0.2) is 56.1 Å². The van der Waals surface area contributed by atoms with E-state index in [2.05, 4.69) is 33.7 Å². The van der Waals surface area contributed by atoms with E-state index in [9.17, 15) is 13.2 Å². The number of aromatic amines is 1. The molecule has 0 saturated heterocycles. The summed E-state index contributed by atoms with van der Waals surface area (Å²) in [5.74, 6) is 0.851. The number of sulfonamides is 1. The van der Waals surface area contributed by atoms with Crippen LogP contribution in [0.4, 0.5) is 0 Å². The second-order valence-electron chi connectivity index (χ2n) is 6.63. The van der Waals surface area contributed by atoms with Crippen molar-refractivity contribution in [1.29, 1.82) is 0 Å². The molecular formula is C19H24N4O4S2. The number of thiophene rings is 1. The van der Waals surface area contributed by atoms with Gasteiger partial charge in [-0.15, -0.1) is 11.3 Å². The van der Waals surface area contributed by atoms with Gasteiger partial charge in [-0.25, -0.2) is 18.2 Å². The maximum Gasteiger partial charge on any atom is 0.264 e. The first-order valence-corrected chi connectivity index (χ1v) is 11.6. The normalized spacial score (nSPS) is 13.1. The Morgan fingerprint density at radius 3 is 2.76 bits per heavy atom. The van der Waals surface area contributed by atoms with E-state index in [0.29, 0.717) is 29.7 Å². The fourth-order valence-corrected chi connectivity index (χ4v) is 5.14. The Hall–Kier alpha value is -2.27. The minimum Gasteiger partial charge on any atom is -0.468 e. The molecule has 0 saturated carbocycles. The highest BCUT2D eigenvalue weighted by atomic mass is 32.2. The lowest BCUT2D eigenvalue weighted by Gasteiger charge is -2.27. The van der Waals surface area contributed by atoms with E-state index in [1.165, 1.54) is 6.07 Å². The molecule has 0 amide bonds. The van der Waals surface area contributed by atoms with Crippen LogP contribution < -0.4 is 10.3 Å². The number of nitrogens with one attached hydrogen (secondary N) is 2. The van der Waals surface area contributed by atoms with Crippen LogP contribution in [0.3, 0.4) is 0 Å². The molecule has 1 unspecified atom stereocenters. The van der Waals surface area contributed by atoms with E-state index in [-0.39, 0.29) is 16.3 Å². The summed E-state index contributed by atoms with van der Waals surface area (Å²) in [7, 11) is -3.63. The lowest BCUT2D eigenvalue weighted by molar-refractivity contribution is 0.184. The fourth-order valence-electron chi connectivity index (χ4n) is 2.79. The molecule has 0 radical (unpaired) electrons. The maximum atomic E-state index is 12.7. The number of hydrogen-bond donors (Lipinski definition) is 2. The third-order valence-electron chi connectivity index (χ3n) is 4.62. The monoisotopic (exact) mass is 436 g/mol. The molecule has 0 aromatic carbocycles. The molecule has 2 N–H and O–H groups in total. The van der Waals surface area contributed by atoms with Crippen molar-refractivity contribution in [1.82, 2.24) is 19.8 Å². The predicted molar refractivity (Wildman–Crippen MR) is 112 cm³/mol. The van der Waals surface area contributed by atoms with Crippen LogP contribution in [0.25, 0.3) is 10.6 Å². The van der Waals surface area contributed by atoms with Crippen LogP contribution in [-0.2, 0) is 16.6 Å². The summed E-state index contributed by atoms with van der Waals surface area (Å²) in [5.41, 5.74) is 0.220. The van der Waals surface area contributed by atoms with Gasteiger partial charge in [0.1, 0.15) is 15.7 Å². The van der Waals surface area contributed by atoms with Crippen LogP contribution in [0.5, 0.6) is 0 Å². The molecule has 0 spiro atoms. The zero-order valence-corrected chi connectivity index (χ0v) is 17.9.